The van der Waals surface area contributed by atoms with E-state index < -0.39 is 0 Å². The van der Waals surface area contributed by atoms with Crippen LogP contribution in [0.1, 0.15) is 20.3 Å². The zero-order valence-electron chi connectivity index (χ0n) is 8.55. The van der Waals surface area contributed by atoms with Crippen LogP contribution in [0.5, 0.6) is 0 Å². The van der Waals surface area contributed by atoms with Crippen LogP contribution < -0.4 is 5.32 Å². The summed E-state index contributed by atoms with van der Waals surface area (Å²) in [5.74, 6) is 1.44. The lowest BCUT2D eigenvalue weighted by Crippen LogP contribution is -2.36. The minimum absolute atomic E-state index is 0.597. The first-order valence-corrected chi connectivity index (χ1v) is 6.23. The molecule has 0 aliphatic carbocycles. The molecule has 0 radical (unpaired) electrons. The fourth-order valence-electron chi connectivity index (χ4n) is 1.43. The Morgan fingerprint density at radius 1 is 1.54 bits per heavy atom. The topological polar surface area (TPSA) is 21.3 Å². The van der Waals surface area contributed by atoms with Gasteiger partial charge in [0.1, 0.15) is 0 Å². The van der Waals surface area contributed by atoms with E-state index in [1.165, 1.54) is 6.42 Å². The van der Waals surface area contributed by atoms with Crippen molar-refractivity contribution in [2.24, 2.45) is 11.8 Å². The van der Waals surface area contributed by atoms with Gasteiger partial charge in [0.05, 0.1) is 6.61 Å². The van der Waals surface area contributed by atoms with Crippen molar-refractivity contribution in [3.63, 3.8) is 0 Å². The highest BCUT2D eigenvalue weighted by Gasteiger charge is 2.17. The van der Waals surface area contributed by atoms with Crippen LogP contribution in [0.25, 0.3) is 0 Å². The number of hydrogen-bond donors (Lipinski definition) is 1. The first-order valence-electron chi connectivity index (χ1n) is 5.11. The highest BCUT2D eigenvalue weighted by Crippen LogP contribution is 2.12. The van der Waals surface area contributed by atoms with Gasteiger partial charge in [0, 0.05) is 24.5 Å². The zero-order chi connectivity index (χ0) is 9.68. The standard InChI is InChI=1S/C10H20BrNO/c1-8(5-11)9(2)12-6-10-3-4-13-7-10/h8-10,12H,3-7H2,1-2H3. The molecule has 1 rings (SSSR count). The monoisotopic (exact) mass is 249 g/mol. The smallest absolute Gasteiger partial charge is 0.0507 e. The van der Waals surface area contributed by atoms with Crippen LogP contribution in [-0.4, -0.2) is 31.1 Å². The quantitative estimate of drug-likeness (QED) is 0.754. The summed E-state index contributed by atoms with van der Waals surface area (Å²) in [4.78, 5) is 0. The Morgan fingerprint density at radius 2 is 2.31 bits per heavy atom. The molecule has 0 aromatic rings. The number of halogens is 1. The van der Waals surface area contributed by atoms with Crippen molar-refractivity contribution in [2.75, 3.05) is 25.1 Å². The summed E-state index contributed by atoms with van der Waals surface area (Å²) in [6.45, 7) is 7.52. The first-order chi connectivity index (χ1) is 6.24. The van der Waals surface area contributed by atoms with E-state index in [2.05, 4.69) is 35.1 Å². The Morgan fingerprint density at radius 3 is 2.85 bits per heavy atom. The number of nitrogens with one attached hydrogen (secondary N) is 1. The van der Waals surface area contributed by atoms with E-state index in [1.807, 2.05) is 0 Å². The minimum Gasteiger partial charge on any atom is -0.381 e. The Labute approximate surface area is 89.5 Å². The Balaban J connectivity index is 2.10. The van der Waals surface area contributed by atoms with Gasteiger partial charge in [-0.05, 0) is 25.2 Å². The van der Waals surface area contributed by atoms with Gasteiger partial charge in [-0.1, -0.05) is 22.9 Å². The second kappa shape index (κ2) is 5.99. The molecule has 0 bridgehead atoms. The van der Waals surface area contributed by atoms with Crippen LogP contribution in [0.4, 0.5) is 0 Å². The van der Waals surface area contributed by atoms with E-state index >= 15 is 0 Å². The van der Waals surface area contributed by atoms with Gasteiger partial charge in [-0.15, -0.1) is 0 Å². The van der Waals surface area contributed by atoms with Gasteiger partial charge in [-0.2, -0.15) is 0 Å². The molecule has 1 saturated heterocycles. The van der Waals surface area contributed by atoms with E-state index in [1.54, 1.807) is 0 Å². The van der Waals surface area contributed by atoms with E-state index in [4.69, 9.17) is 4.74 Å². The summed E-state index contributed by atoms with van der Waals surface area (Å²) < 4.78 is 5.33. The van der Waals surface area contributed by atoms with Crippen LogP contribution in [0.15, 0.2) is 0 Å². The van der Waals surface area contributed by atoms with Crippen LogP contribution >= 0.6 is 15.9 Å². The summed E-state index contributed by atoms with van der Waals surface area (Å²) in [5.41, 5.74) is 0. The molecule has 0 amide bonds. The molecule has 0 aromatic carbocycles. The maximum atomic E-state index is 5.33. The van der Waals surface area contributed by atoms with Crippen molar-refractivity contribution in [3.8, 4) is 0 Å². The van der Waals surface area contributed by atoms with Gasteiger partial charge in [-0.25, -0.2) is 0 Å². The van der Waals surface area contributed by atoms with Crippen molar-refractivity contribution < 1.29 is 4.74 Å². The summed E-state index contributed by atoms with van der Waals surface area (Å²) in [5, 5.41) is 4.64. The van der Waals surface area contributed by atoms with E-state index in [0.717, 1.165) is 31.0 Å². The lowest BCUT2D eigenvalue weighted by molar-refractivity contribution is 0.184. The molecule has 0 spiro atoms. The van der Waals surface area contributed by atoms with E-state index in [9.17, 15) is 0 Å². The fourth-order valence-corrected chi connectivity index (χ4v) is 1.99. The number of hydrogen-bond acceptors (Lipinski definition) is 2. The maximum Gasteiger partial charge on any atom is 0.0507 e. The second-order valence-electron chi connectivity index (χ2n) is 4.06. The third-order valence-corrected chi connectivity index (χ3v) is 3.87. The summed E-state index contributed by atoms with van der Waals surface area (Å²) >= 11 is 3.50. The zero-order valence-corrected chi connectivity index (χ0v) is 10.1. The fraction of sp³-hybridized carbons (Fsp3) is 1.00. The summed E-state index contributed by atoms with van der Waals surface area (Å²) in [7, 11) is 0. The molecule has 1 aliphatic rings. The largest absolute Gasteiger partial charge is 0.381 e. The van der Waals surface area contributed by atoms with Crippen molar-refractivity contribution in [3.05, 3.63) is 0 Å². The normalized spacial score (nSPS) is 27.5. The molecule has 13 heavy (non-hydrogen) atoms. The third-order valence-electron chi connectivity index (χ3n) is 2.85. The minimum atomic E-state index is 0.597. The number of ether oxygens (including phenoxy) is 1. The molecule has 1 aliphatic heterocycles. The van der Waals surface area contributed by atoms with Gasteiger partial charge in [0.25, 0.3) is 0 Å². The van der Waals surface area contributed by atoms with Crippen molar-refractivity contribution in [1.29, 1.82) is 0 Å². The average molecular weight is 250 g/mol. The molecule has 3 unspecified atom stereocenters. The van der Waals surface area contributed by atoms with Crippen molar-refractivity contribution in [1.82, 2.24) is 5.32 Å². The highest BCUT2D eigenvalue weighted by atomic mass is 79.9. The molecule has 78 valence electrons. The van der Waals surface area contributed by atoms with Crippen molar-refractivity contribution in [2.45, 2.75) is 26.3 Å². The molecule has 0 aromatic heterocycles. The molecular weight excluding hydrogens is 230 g/mol. The molecule has 3 atom stereocenters. The van der Waals surface area contributed by atoms with Crippen LogP contribution in [-0.2, 0) is 4.74 Å². The van der Waals surface area contributed by atoms with Crippen molar-refractivity contribution >= 4 is 15.9 Å². The number of rotatable bonds is 5. The maximum absolute atomic E-state index is 5.33. The molecular formula is C10H20BrNO. The predicted octanol–water partition coefficient (Wildman–Crippen LogP) is 2.03. The summed E-state index contributed by atoms with van der Waals surface area (Å²) in [6, 6.07) is 0.597. The van der Waals surface area contributed by atoms with Gasteiger partial charge in [-0.3, -0.25) is 0 Å². The molecule has 3 heteroatoms. The van der Waals surface area contributed by atoms with Gasteiger partial charge < -0.3 is 10.1 Å². The van der Waals surface area contributed by atoms with Crippen LogP contribution in [0.3, 0.4) is 0 Å². The van der Waals surface area contributed by atoms with Gasteiger partial charge in [0.2, 0.25) is 0 Å². The van der Waals surface area contributed by atoms with E-state index in [-0.39, 0.29) is 0 Å². The third kappa shape index (κ3) is 3.96. The lowest BCUT2D eigenvalue weighted by Gasteiger charge is -2.20. The van der Waals surface area contributed by atoms with Gasteiger partial charge in [0.15, 0.2) is 0 Å². The van der Waals surface area contributed by atoms with E-state index in [0.29, 0.717) is 12.0 Å². The first kappa shape index (κ1) is 11.5. The Hall–Kier alpha value is 0.400. The predicted molar refractivity (Wildman–Crippen MR) is 59.3 cm³/mol. The molecule has 2 nitrogen and oxygen atoms in total. The Kier molecular flexibility index (Phi) is 5.29. The molecule has 1 fully saturated rings. The Bertz CT molecular complexity index is 137. The average Bonchev–Trinajstić information content (AvgIpc) is 2.65. The highest BCUT2D eigenvalue weighted by molar-refractivity contribution is 9.09. The molecule has 1 heterocycles. The summed E-state index contributed by atoms with van der Waals surface area (Å²) in [6.07, 6.45) is 1.22. The lowest BCUT2D eigenvalue weighted by atomic mass is 10.0. The second-order valence-corrected chi connectivity index (χ2v) is 4.71. The molecule has 0 saturated carbocycles. The SMILES string of the molecule is CC(CBr)C(C)NCC1CCOC1. The number of alkyl halides is 1. The van der Waals surface area contributed by atoms with Gasteiger partial charge >= 0.3 is 0 Å². The van der Waals surface area contributed by atoms with Crippen LogP contribution in [0.2, 0.25) is 0 Å². The van der Waals surface area contributed by atoms with Crippen LogP contribution in [0, 0.1) is 11.8 Å². The molecule has 1 N–H and O–H groups in total.